The number of amides is 1. The van der Waals surface area contributed by atoms with E-state index in [1.807, 2.05) is 0 Å². The second kappa shape index (κ2) is 4.76. The molecule has 2 N–H and O–H groups in total. The standard InChI is InChI=1S/C10H9FN4O3S/c1-19(17,18)6-2-3-7(11)8(4-6)14-10(16)9-12-5-13-15-9/h2-5H,1H3,(H,14,16)(H,12,13,15). The minimum atomic E-state index is -3.49. The van der Waals surface area contributed by atoms with E-state index in [-0.39, 0.29) is 16.4 Å². The minimum Gasteiger partial charge on any atom is -0.317 e. The van der Waals surface area contributed by atoms with Crippen molar-refractivity contribution in [3.05, 3.63) is 36.2 Å². The van der Waals surface area contributed by atoms with Crippen LogP contribution in [0.25, 0.3) is 0 Å². The van der Waals surface area contributed by atoms with Gasteiger partial charge in [-0.05, 0) is 18.2 Å². The number of rotatable bonds is 3. The van der Waals surface area contributed by atoms with Crippen LogP contribution in [0.3, 0.4) is 0 Å². The van der Waals surface area contributed by atoms with Crippen molar-refractivity contribution < 1.29 is 17.6 Å². The van der Waals surface area contributed by atoms with Crippen LogP contribution in [0.1, 0.15) is 10.6 Å². The highest BCUT2D eigenvalue weighted by Gasteiger charge is 2.15. The fraction of sp³-hybridized carbons (Fsp3) is 0.100. The number of nitrogens with one attached hydrogen (secondary N) is 2. The maximum Gasteiger partial charge on any atom is 0.293 e. The van der Waals surface area contributed by atoms with Crippen molar-refractivity contribution >= 4 is 21.4 Å². The molecule has 9 heteroatoms. The summed E-state index contributed by atoms with van der Waals surface area (Å²) in [4.78, 5) is 15.1. The Morgan fingerprint density at radius 1 is 1.42 bits per heavy atom. The van der Waals surface area contributed by atoms with Crippen molar-refractivity contribution in [2.24, 2.45) is 0 Å². The first-order valence-electron chi connectivity index (χ1n) is 5.04. The molecule has 0 fully saturated rings. The predicted molar refractivity (Wildman–Crippen MR) is 63.8 cm³/mol. The van der Waals surface area contributed by atoms with Gasteiger partial charge in [0.1, 0.15) is 12.1 Å². The molecule has 1 heterocycles. The number of sulfone groups is 1. The van der Waals surface area contributed by atoms with E-state index in [0.717, 1.165) is 30.8 Å². The molecule has 2 aromatic rings. The number of nitrogens with zero attached hydrogens (tertiary/aromatic N) is 2. The van der Waals surface area contributed by atoms with Gasteiger partial charge in [0.15, 0.2) is 9.84 Å². The van der Waals surface area contributed by atoms with Crippen LogP contribution >= 0.6 is 0 Å². The van der Waals surface area contributed by atoms with Crippen LogP contribution in [0.4, 0.5) is 10.1 Å². The minimum absolute atomic E-state index is 0.0956. The maximum absolute atomic E-state index is 13.5. The van der Waals surface area contributed by atoms with Crippen molar-refractivity contribution in [2.45, 2.75) is 4.90 Å². The molecule has 0 saturated heterocycles. The molecule has 2 rings (SSSR count). The van der Waals surface area contributed by atoms with Crippen LogP contribution in [-0.2, 0) is 9.84 Å². The summed E-state index contributed by atoms with van der Waals surface area (Å²) in [5, 5.41) is 8.00. The van der Waals surface area contributed by atoms with Gasteiger partial charge in [0.2, 0.25) is 5.82 Å². The third-order valence-corrected chi connectivity index (χ3v) is 3.35. The van der Waals surface area contributed by atoms with Crippen LogP contribution in [0, 0.1) is 5.82 Å². The number of hydrogen-bond donors (Lipinski definition) is 2. The first-order chi connectivity index (χ1) is 8.88. The van der Waals surface area contributed by atoms with Gasteiger partial charge >= 0.3 is 0 Å². The number of H-pyrrole nitrogens is 1. The molecule has 0 aliphatic carbocycles. The highest BCUT2D eigenvalue weighted by atomic mass is 32.2. The van der Waals surface area contributed by atoms with Crippen LogP contribution in [0.5, 0.6) is 0 Å². The average Bonchev–Trinajstić information content (AvgIpc) is 2.84. The number of hydrogen-bond acceptors (Lipinski definition) is 5. The molecule has 7 nitrogen and oxygen atoms in total. The molecule has 0 aliphatic heterocycles. The Morgan fingerprint density at radius 2 is 2.16 bits per heavy atom. The van der Waals surface area contributed by atoms with E-state index >= 15 is 0 Å². The van der Waals surface area contributed by atoms with Crippen molar-refractivity contribution in [1.82, 2.24) is 15.2 Å². The lowest BCUT2D eigenvalue weighted by molar-refractivity contribution is 0.101. The molecule has 0 unspecified atom stereocenters. The zero-order valence-corrected chi connectivity index (χ0v) is 10.5. The summed E-state index contributed by atoms with van der Waals surface area (Å²) in [5.74, 6) is -1.58. The molecule has 1 aromatic heterocycles. The van der Waals surface area contributed by atoms with Gasteiger partial charge < -0.3 is 5.32 Å². The van der Waals surface area contributed by atoms with Crippen molar-refractivity contribution in [1.29, 1.82) is 0 Å². The second-order valence-electron chi connectivity index (χ2n) is 3.70. The fourth-order valence-electron chi connectivity index (χ4n) is 1.33. The lowest BCUT2D eigenvalue weighted by Gasteiger charge is -2.06. The summed E-state index contributed by atoms with van der Waals surface area (Å²) in [5.41, 5.74) is -0.246. The van der Waals surface area contributed by atoms with Gasteiger partial charge in [-0.15, -0.1) is 0 Å². The Morgan fingerprint density at radius 3 is 2.74 bits per heavy atom. The summed E-state index contributed by atoms with van der Waals surface area (Å²) in [6, 6.07) is 3.13. The van der Waals surface area contributed by atoms with E-state index in [1.54, 1.807) is 0 Å². The number of aromatic amines is 1. The molecule has 1 amide bonds. The normalized spacial score (nSPS) is 11.3. The third kappa shape index (κ3) is 2.94. The summed E-state index contributed by atoms with van der Waals surface area (Å²) in [6.45, 7) is 0. The molecule has 1 aromatic carbocycles. The highest BCUT2D eigenvalue weighted by Crippen LogP contribution is 2.19. The molecule has 0 spiro atoms. The van der Waals surface area contributed by atoms with E-state index in [2.05, 4.69) is 20.5 Å². The number of carbonyl (C=O) groups is 1. The Kier molecular flexibility index (Phi) is 3.30. The monoisotopic (exact) mass is 284 g/mol. The van der Waals surface area contributed by atoms with Gasteiger partial charge in [0, 0.05) is 6.26 Å². The van der Waals surface area contributed by atoms with E-state index in [0.29, 0.717) is 0 Å². The van der Waals surface area contributed by atoms with Crippen LogP contribution in [-0.4, -0.2) is 35.8 Å². The molecular formula is C10H9FN4O3S. The van der Waals surface area contributed by atoms with Crippen LogP contribution < -0.4 is 5.32 Å². The van der Waals surface area contributed by atoms with Gasteiger partial charge in [0.05, 0.1) is 10.6 Å². The molecule has 0 atom stereocenters. The Bertz CT molecular complexity index is 712. The smallest absolute Gasteiger partial charge is 0.293 e. The predicted octanol–water partition coefficient (Wildman–Crippen LogP) is 0.600. The SMILES string of the molecule is CS(=O)(=O)c1ccc(F)c(NC(=O)c2ncn[nH]2)c1. The van der Waals surface area contributed by atoms with Gasteiger partial charge in [-0.2, -0.15) is 5.10 Å². The highest BCUT2D eigenvalue weighted by molar-refractivity contribution is 7.90. The topological polar surface area (TPSA) is 105 Å². The van der Waals surface area contributed by atoms with Gasteiger partial charge in [-0.1, -0.05) is 0 Å². The number of aromatic nitrogens is 3. The summed E-state index contributed by atoms with van der Waals surface area (Å²) in [7, 11) is -3.49. The van der Waals surface area contributed by atoms with Crippen molar-refractivity contribution in [3.8, 4) is 0 Å². The van der Waals surface area contributed by atoms with Gasteiger partial charge in [0.25, 0.3) is 5.91 Å². The molecule has 0 saturated carbocycles. The summed E-state index contributed by atoms with van der Waals surface area (Å²) in [6.07, 6.45) is 2.11. The largest absolute Gasteiger partial charge is 0.317 e. The molecule has 19 heavy (non-hydrogen) atoms. The number of carbonyl (C=O) groups excluding carboxylic acids is 1. The number of halogens is 1. The third-order valence-electron chi connectivity index (χ3n) is 2.24. The first kappa shape index (κ1) is 13.1. The van der Waals surface area contributed by atoms with E-state index in [9.17, 15) is 17.6 Å². The zero-order valence-electron chi connectivity index (χ0n) is 9.71. The van der Waals surface area contributed by atoms with E-state index in [4.69, 9.17) is 0 Å². The van der Waals surface area contributed by atoms with E-state index < -0.39 is 21.6 Å². The van der Waals surface area contributed by atoms with Crippen LogP contribution in [0.2, 0.25) is 0 Å². The molecular weight excluding hydrogens is 275 g/mol. The fourth-order valence-corrected chi connectivity index (χ4v) is 1.97. The molecule has 0 bridgehead atoms. The number of anilines is 1. The number of benzene rings is 1. The quantitative estimate of drug-likeness (QED) is 0.803. The average molecular weight is 284 g/mol. The Hall–Kier alpha value is -2.29. The van der Waals surface area contributed by atoms with Gasteiger partial charge in [-0.25, -0.2) is 17.8 Å². The van der Waals surface area contributed by atoms with Gasteiger partial charge in [-0.3, -0.25) is 9.89 Å². The van der Waals surface area contributed by atoms with E-state index in [1.165, 1.54) is 0 Å². The summed E-state index contributed by atoms with van der Waals surface area (Å²) >= 11 is 0. The first-order valence-corrected chi connectivity index (χ1v) is 6.93. The second-order valence-corrected chi connectivity index (χ2v) is 5.72. The molecule has 0 aliphatic rings. The van der Waals surface area contributed by atoms with Crippen molar-refractivity contribution in [2.75, 3.05) is 11.6 Å². The zero-order chi connectivity index (χ0) is 14.0. The molecule has 0 radical (unpaired) electrons. The lowest BCUT2D eigenvalue weighted by atomic mass is 10.3. The van der Waals surface area contributed by atoms with Crippen molar-refractivity contribution in [3.63, 3.8) is 0 Å². The Labute approximate surface area is 107 Å². The van der Waals surface area contributed by atoms with Crippen LogP contribution in [0.15, 0.2) is 29.4 Å². The maximum atomic E-state index is 13.5. The Balaban J connectivity index is 2.32. The lowest BCUT2D eigenvalue weighted by Crippen LogP contribution is -2.15. The summed E-state index contributed by atoms with van der Waals surface area (Å²) < 4.78 is 36.2. The molecule has 100 valence electrons.